The number of aromatic amines is 1. The van der Waals surface area contributed by atoms with Crippen LogP contribution in [0.15, 0.2) is 42.6 Å². The Labute approximate surface area is 115 Å². The van der Waals surface area contributed by atoms with E-state index in [0.717, 1.165) is 0 Å². The Morgan fingerprint density at radius 2 is 1.90 bits per heavy atom. The van der Waals surface area contributed by atoms with E-state index < -0.39 is 5.97 Å². The average Bonchev–Trinajstić information content (AvgIpc) is 2.98. The number of hydrogen-bond donors (Lipinski definition) is 1. The van der Waals surface area contributed by atoms with Gasteiger partial charge in [0.2, 0.25) is 0 Å². The van der Waals surface area contributed by atoms with Crippen molar-refractivity contribution in [3.05, 3.63) is 59.7 Å². The van der Waals surface area contributed by atoms with Crippen molar-refractivity contribution in [3.8, 4) is 0 Å². The van der Waals surface area contributed by atoms with Gasteiger partial charge in [0.05, 0.1) is 6.61 Å². The standard InChI is InChI=1S/C15H14FNO3/c16-12-7-5-11(6-8-12)14(18)4-2-10-20-15(19)13-3-1-9-17-13/h1,3,5-9,17H,2,4,10H2. The molecule has 104 valence electrons. The Kier molecular flexibility index (Phi) is 4.65. The van der Waals surface area contributed by atoms with Crippen molar-refractivity contribution in [2.24, 2.45) is 0 Å². The number of aromatic nitrogens is 1. The van der Waals surface area contributed by atoms with Gasteiger partial charge < -0.3 is 9.72 Å². The van der Waals surface area contributed by atoms with Gasteiger partial charge >= 0.3 is 5.97 Å². The number of carbonyl (C=O) groups is 2. The van der Waals surface area contributed by atoms with E-state index in [1.807, 2.05) is 0 Å². The molecule has 2 rings (SSSR count). The number of esters is 1. The third-order valence-corrected chi connectivity index (χ3v) is 2.77. The molecule has 0 aliphatic heterocycles. The lowest BCUT2D eigenvalue weighted by molar-refractivity contribution is 0.0488. The van der Waals surface area contributed by atoms with E-state index in [1.165, 1.54) is 24.3 Å². The van der Waals surface area contributed by atoms with Gasteiger partial charge in [-0.2, -0.15) is 0 Å². The van der Waals surface area contributed by atoms with Crippen LogP contribution >= 0.6 is 0 Å². The van der Waals surface area contributed by atoms with Gasteiger partial charge in [-0.25, -0.2) is 9.18 Å². The fraction of sp³-hybridized carbons (Fsp3) is 0.200. The number of carbonyl (C=O) groups excluding carboxylic acids is 2. The van der Waals surface area contributed by atoms with Crippen LogP contribution in [0.4, 0.5) is 4.39 Å². The normalized spacial score (nSPS) is 10.2. The molecule has 0 fully saturated rings. The summed E-state index contributed by atoms with van der Waals surface area (Å²) < 4.78 is 17.7. The maximum absolute atomic E-state index is 12.7. The topological polar surface area (TPSA) is 59.2 Å². The lowest BCUT2D eigenvalue weighted by Crippen LogP contribution is -2.08. The van der Waals surface area contributed by atoms with E-state index in [-0.39, 0.29) is 24.6 Å². The molecule has 0 spiro atoms. The van der Waals surface area contributed by atoms with Crippen LogP contribution in [0.1, 0.15) is 33.7 Å². The highest BCUT2D eigenvalue weighted by molar-refractivity contribution is 5.96. The number of halogens is 1. The lowest BCUT2D eigenvalue weighted by atomic mass is 10.1. The van der Waals surface area contributed by atoms with Gasteiger partial charge in [-0.1, -0.05) is 0 Å². The molecule has 0 saturated carbocycles. The van der Waals surface area contributed by atoms with Crippen LogP contribution < -0.4 is 0 Å². The molecule has 0 aliphatic carbocycles. The smallest absolute Gasteiger partial charge is 0.354 e. The van der Waals surface area contributed by atoms with E-state index in [9.17, 15) is 14.0 Å². The lowest BCUT2D eigenvalue weighted by Gasteiger charge is -2.03. The summed E-state index contributed by atoms with van der Waals surface area (Å²) in [6.07, 6.45) is 2.32. The first kappa shape index (κ1) is 14.0. The minimum absolute atomic E-state index is 0.0964. The molecular weight excluding hydrogens is 261 g/mol. The third kappa shape index (κ3) is 3.78. The molecule has 20 heavy (non-hydrogen) atoms. The highest BCUT2D eigenvalue weighted by Crippen LogP contribution is 2.08. The van der Waals surface area contributed by atoms with Gasteiger partial charge in [0.1, 0.15) is 11.5 Å². The van der Waals surface area contributed by atoms with Crippen molar-refractivity contribution in [3.63, 3.8) is 0 Å². The fourth-order valence-electron chi connectivity index (χ4n) is 1.71. The Hall–Kier alpha value is -2.43. The van der Waals surface area contributed by atoms with Gasteiger partial charge in [0.15, 0.2) is 5.78 Å². The van der Waals surface area contributed by atoms with Crippen molar-refractivity contribution in [1.82, 2.24) is 4.98 Å². The molecule has 1 aromatic heterocycles. The van der Waals surface area contributed by atoms with Gasteiger partial charge in [-0.3, -0.25) is 4.79 Å². The summed E-state index contributed by atoms with van der Waals surface area (Å²) in [5.41, 5.74) is 0.844. The molecule has 0 radical (unpaired) electrons. The average molecular weight is 275 g/mol. The second-order valence-electron chi connectivity index (χ2n) is 4.25. The molecule has 1 aromatic carbocycles. The summed E-state index contributed by atoms with van der Waals surface area (Å²) >= 11 is 0. The highest BCUT2D eigenvalue weighted by atomic mass is 19.1. The van der Waals surface area contributed by atoms with E-state index in [4.69, 9.17) is 4.74 Å². The van der Waals surface area contributed by atoms with Gasteiger partial charge in [0.25, 0.3) is 0 Å². The summed E-state index contributed by atoms with van der Waals surface area (Å²) in [7, 11) is 0. The monoisotopic (exact) mass is 275 g/mol. The molecule has 0 saturated heterocycles. The number of ether oxygens (including phenoxy) is 1. The van der Waals surface area contributed by atoms with Gasteiger partial charge in [0, 0.05) is 18.2 Å². The Bertz CT molecular complexity index is 576. The SMILES string of the molecule is O=C(CCCOC(=O)c1ccc[nH]1)c1ccc(F)cc1. The first-order chi connectivity index (χ1) is 9.66. The van der Waals surface area contributed by atoms with Gasteiger partial charge in [-0.15, -0.1) is 0 Å². The summed E-state index contributed by atoms with van der Waals surface area (Å²) in [5.74, 6) is -0.911. The minimum atomic E-state index is -0.441. The molecule has 4 nitrogen and oxygen atoms in total. The molecule has 1 N–H and O–H groups in total. The number of nitrogens with one attached hydrogen (secondary N) is 1. The van der Waals surface area contributed by atoms with Crippen molar-refractivity contribution in [2.45, 2.75) is 12.8 Å². The molecule has 0 aliphatic rings. The number of benzene rings is 1. The molecule has 5 heteroatoms. The zero-order valence-corrected chi connectivity index (χ0v) is 10.8. The Balaban J connectivity index is 1.72. The molecule has 0 amide bonds. The molecule has 0 bridgehead atoms. The van der Waals surface area contributed by atoms with Crippen LogP contribution in [0.25, 0.3) is 0 Å². The zero-order chi connectivity index (χ0) is 14.4. The number of rotatable bonds is 6. The molecule has 2 aromatic rings. The first-order valence-corrected chi connectivity index (χ1v) is 6.26. The molecule has 0 atom stereocenters. The van der Waals surface area contributed by atoms with Crippen molar-refractivity contribution in [1.29, 1.82) is 0 Å². The maximum atomic E-state index is 12.7. The zero-order valence-electron chi connectivity index (χ0n) is 10.8. The number of H-pyrrole nitrogens is 1. The summed E-state index contributed by atoms with van der Waals surface area (Å²) in [4.78, 5) is 26.0. The van der Waals surface area contributed by atoms with Crippen LogP contribution in [0, 0.1) is 5.82 Å². The van der Waals surface area contributed by atoms with Crippen LogP contribution in [-0.4, -0.2) is 23.3 Å². The third-order valence-electron chi connectivity index (χ3n) is 2.77. The van der Waals surface area contributed by atoms with Crippen molar-refractivity contribution in [2.75, 3.05) is 6.61 Å². The second kappa shape index (κ2) is 6.65. The largest absolute Gasteiger partial charge is 0.461 e. The Morgan fingerprint density at radius 1 is 1.15 bits per heavy atom. The first-order valence-electron chi connectivity index (χ1n) is 6.26. The maximum Gasteiger partial charge on any atom is 0.354 e. The summed E-state index contributed by atoms with van der Waals surface area (Å²) in [6.45, 7) is 0.171. The van der Waals surface area contributed by atoms with Crippen LogP contribution in [-0.2, 0) is 4.74 Å². The van der Waals surface area contributed by atoms with Gasteiger partial charge in [-0.05, 0) is 42.8 Å². The second-order valence-corrected chi connectivity index (χ2v) is 4.25. The number of Topliss-reactive ketones (excluding diaryl/α,β-unsaturated/α-hetero) is 1. The van der Waals surface area contributed by atoms with Crippen LogP contribution in [0.5, 0.6) is 0 Å². The van der Waals surface area contributed by atoms with E-state index in [2.05, 4.69) is 4.98 Å². The summed E-state index contributed by atoms with van der Waals surface area (Å²) in [5, 5.41) is 0. The highest BCUT2D eigenvalue weighted by Gasteiger charge is 2.09. The number of hydrogen-bond acceptors (Lipinski definition) is 3. The van der Waals surface area contributed by atoms with Crippen LogP contribution in [0.2, 0.25) is 0 Å². The molecular formula is C15H14FNO3. The fourth-order valence-corrected chi connectivity index (χ4v) is 1.71. The van der Waals surface area contributed by atoms with E-state index in [0.29, 0.717) is 17.7 Å². The van der Waals surface area contributed by atoms with Crippen LogP contribution in [0.3, 0.4) is 0 Å². The minimum Gasteiger partial charge on any atom is -0.461 e. The predicted molar refractivity (Wildman–Crippen MR) is 71.0 cm³/mol. The summed E-state index contributed by atoms with van der Waals surface area (Å²) in [6, 6.07) is 8.71. The molecule has 0 unspecified atom stereocenters. The van der Waals surface area contributed by atoms with Crippen molar-refractivity contribution < 1.29 is 18.7 Å². The van der Waals surface area contributed by atoms with Crippen molar-refractivity contribution >= 4 is 11.8 Å². The Morgan fingerprint density at radius 3 is 2.55 bits per heavy atom. The van der Waals surface area contributed by atoms with E-state index >= 15 is 0 Å². The molecule has 1 heterocycles. The quantitative estimate of drug-likeness (QED) is 0.501. The number of ketones is 1. The predicted octanol–water partition coefficient (Wildman–Crippen LogP) is 2.97. The van der Waals surface area contributed by atoms with E-state index in [1.54, 1.807) is 18.3 Å².